The molecule has 0 aliphatic rings. The fourth-order valence-electron chi connectivity index (χ4n) is 2.28. The van der Waals surface area contributed by atoms with Crippen molar-refractivity contribution >= 4 is 46.4 Å². The number of likely N-dealkylation sites (N-methyl/N-ethyl adjacent to an activating group) is 1. The van der Waals surface area contributed by atoms with Crippen molar-refractivity contribution < 1.29 is 18.9 Å². The molecule has 0 aliphatic heterocycles. The van der Waals surface area contributed by atoms with Crippen LogP contribution in [0, 0.1) is 5.82 Å². The van der Waals surface area contributed by atoms with Gasteiger partial charge in [-0.2, -0.15) is 0 Å². The molecule has 2 aromatic carbocycles. The molecule has 0 saturated heterocycles. The Labute approximate surface area is 161 Å². The van der Waals surface area contributed by atoms with Crippen molar-refractivity contribution in [2.45, 2.75) is 13.0 Å². The largest absolute Gasteiger partial charge is 0.321 e. The minimum absolute atomic E-state index is 0.0431. The first kappa shape index (κ1) is 20.2. The fraction of sp³-hybridized carbons (Fsp3) is 0.222. The average molecular weight is 399 g/mol. The number of carbonyl (C=O) groups excluding carboxylic acids is 2. The summed E-state index contributed by atoms with van der Waals surface area (Å²) < 4.78 is 13.1. The number of anilines is 2. The maximum absolute atomic E-state index is 13.1. The quantitative estimate of drug-likeness (QED) is 0.700. The Kier molecular flexibility index (Phi) is 6.97. The van der Waals surface area contributed by atoms with Gasteiger partial charge in [0.25, 0.3) is 11.8 Å². The van der Waals surface area contributed by atoms with E-state index in [1.54, 1.807) is 38.2 Å². The third-order valence-electron chi connectivity index (χ3n) is 3.81. The molecule has 0 radical (unpaired) electrons. The van der Waals surface area contributed by atoms with E-state index < -0.39 is 11.9 Å². The van der Waals surface area contributed by atoms with Crippen molar-refractivity contribution in [3.05, 3.63) is 58.3 Å². The molecule has 5 nitrogen and oxygen atoms in total. The SMILES string of the molecule is C[C@@H](C(=O)Nc1cc(Cl)cc(Cl)c1)[NH+](C)CC(=O)Nc1cccc(F)c1. The van der Waals surface area contributed by atoms with Gasteiger partial charge in [0, 0.05) is 21.4 Å². The number of amides is 2. The predicted octanol–water partition coefficient (Wildman–Crippen LogP) is 2.61. The van der Waals surface area contributed by atoms with Crippen molar-refractivity contribution in [1.82, 2.24) is 0 Å². The van der Waals surface area contributed by atoms with Crippen LogP contribution in [0.2, 0.25) is 10.0 Å². The van der Waals surface area contributed by atoms with Gasteiger partial charge in [0.15, 0.2) is 12.6 Å². The molecular formula is C18H19Cl2FN3O2+. The zero-order valence-corrected chi connectivity index (χ0v) is 15.8. The van der Waals surface area contributed by atoms with Crippen LogP contribution in [-0.4, -0.2) is 31.4 Å². The van der Waals surface area contributed by atoms with E-state index >= 15 is 0 Å². The summed E-state index contributed by atoms with van der Waals surface area (Å²) in [6, 6.07) is 9.85. The van der Waals surface area contributed by atoms with E-state index in [0.717, 1.165) is 0 Å². The molecule has 0 spiro atoms. The third-order valence-corrected chi connectivity index (χ3v) is 4.25. The molecule has 2 amide bonds. The second kappa shape index (κ2) is 8.98. The highest BCUT2D eigenvalue weighted by atomic mass is 35.5. The molecule has 0 bridgehead atoms. The minimum atomic E-state index is -0.508. The Morgan fingerprint density at radius 1 is 1.08 bits per heavy atom. The average Bonchev–Trinajstić information content (AvgIpc) is 2.52. The smallest absolute Gasteiger partial charge is 0.282 e. The lowest BCUT2D eigenvalue weighted by Crippen LogP contribution is -3.14. The van der Waals surface area contributed by atoms with Gasteiger partial charge in [-0.15, -0.1) is 0 Å². The number of hydrogen-bond donors (Lipinski definition) is 3. The summed E-state index contributed by atoms with van der Waals surface area (Å²) in [6.07, 6.45) is 0. The summed E-state index contributed by atoms with van der Waals surface area (Å²) in [5.41, 5.74) is 0.852. The Morgan fingerprint density at radius 3 is 2.35 bits per heavy atom. The van der Waals surface area contributed by atoms with Crippen LogP contribution >= 0.6 is 23.2 Å². The topological polar surface area (TPSA) is 62.6 Å². The van der Waals surface area contributed by atoms with Gasteiger partial charge in [-0.05, 0) is 43.3 Å². The molecule has 0 aromatic heterocycles. The number of rotatable bonds is 6. The van der Waals surface area contributed by atoms with E-state index in [-0.39, 0.29) is 18.4 Å². The highest BCUT2D eigenvalue weighted by molar-refractivity contribution is 6.35. The summed E-state index contributed by atoms with van der Waals surface area (Å²) in [6.45, 7) is 1.74. The second-order valence-electron chi connectivity index (χ2n) is 5.95. The van der Waals surface area contributed by atoms with Crippen molar-refractivity contribution in [3.8, 4) is 0 Å². The first-order valence-corrected chi connectivity index (χ1v) is 8.65. The van der Waals surface area contributed by atoms with Crippen LogP contribution in [-0.2, 0) is 9.59 Å². The Hall–Kier alpha value is -2.15. The normalized spacial score (nSPS) is 13.0. The number of quaternary nitrogens is 1. The molecule has 26 heavy (non-hydrogen) atoms. The highest BCUT2D eigenvalue weighted by Gasteiger charge is 2.24. The Balaban J connectivity index is 1.92. The summed E-state index contributed by atoms with van der Waals surface area (Å²) >= 11 is 11.8. The van der Waals surface area contributed by atoms with Crippen LogP contribution in [0.5, 0.6) is 0 Å². The van der Waals surface area contributed by atoms with Crippen LogP contribution in [0.1, 0.15) is 6.92 Å². The van der Waals surface area contributed by atoms with Gasteiger partial charge in [-0.1, -0.05) is 29.3 Å². The van der Waals surface area contributed by atoms with Gasteiger partial charge in [0.05, 0.1) is 7.05 Å². The van der Waals surface area contributed by atoms with E-state index in [1.807, 2.05) is 0 Å². The van der Waals surface area contributed by atoms with E-state index in [0.29, 0.717) is 26.3 Å². The molecule has 0 heterocycles. The fourth-order valence-corrected chi connectivity index (χ4v) is 2.80. The third kappa shape index (κ3) is 5.98. The first-order chi connectivity index (χ1) is 12.2. The molecule has 3 N–H and O–H groups in total. The maximum atomic E-state index is 13.1. The molecule has 0 aliphatic carbocycles. The lowest BCUT2D eigenvalue weighted by atomic mass is 10.2. The predicted molar refractivity (Wildman–Crippen MR) is 101 cm³/mol. The molecular weight excluding hydrogens is 380 g/mol. The van der Waals surface area contributed by atoms with E-state index in [1.165, 1.54) is 18.2 Å². The van der Waals surface area contributed by atoms with Crippen molar-refractivity contribution in [1.29, 1.82) is 0 Å². The van der Waals surface area contributed by atoms with Crippen LogP contribution in [0.25, 0.3) is 0 Å². The molecule has 2 aromatic rings. The molecule has 0 saturated carbocycles. The number of carbonyl (C=O) groups is 2. The van der Waals surface area contributed by atoms with E-state index in [9.17, 15) is 14.0 Å². The van der Waals surface area contributed by atoms with Crippen LogP contribution in [0.3, 0.4) is 0 Å². The molecule has 1 unspecified atom stereocenters. The number of nitrogens with one attached hydrogen (secondary N) is 3. The summed E-state index contributed by atoms with van der Waals surface area (Å²) in [7, 11) is 1.72. The van der Waals surface area contributed by atoms with Gasteiger partial charge in [-0.25, -0.2) is 4.39 Å². The second-order valence-corrected chi connectivity index (χ2v) is 6.82. The van der Waals surface area contributed by atoms with Crippen LogP contribution in [0.4, 0.5) is 15.8 Å². The van der Waals surface area contributed by atoms with Gasteiger partial charge >= 0.3 is 0 Å². The first-order valence-electron chi connectivity index (χ1n) is 7.89. The van der Waals surface area contributed by atoms with Gasteiger partial charge in [-0.3, -0.25) is 9.59 Å². The Bertz CT molecular complexity index is 797. The lowest BCUT2D eigenvalue weighted by Gasteiger charge is -2.20. The number of hydrogen-bond acceptors (Lipinski definition) is 2. The monoisotopic (exact) mass is 398 g/mol. The van der Waals surface area contributed by atoms with Crippen molar-refractivity contribution in [2.75, 3.05) is 24.2 Å². The summed E-state index contributed by atoms with van der Waals surface area (Å²) in [5, 5.41) is 6.16. The van der Waals surface area contributed by atoms with Gasteiger partial charge in [0.1, 0.15) is 5.82 Å². The van der Waals surface area contributed by atoms with E-state index in [4.69, 9.17) is 23.2 Å². The van der Waals surface area contributed by atoms with Crippen molar-refractivity contribution in [3.63, 3.8) is 0 Å². The maximum Gasteiger partial charge on any atom is 0.282 e. The molecule has 138 valence electrons. The Morgan fingerprint density at radius 2 is 1.73 bits per heavy atom. The zero-order chi connectivity index (χ0) is 19.3. The van der Waals surface area contributed by atoms with Crippen LogP contribution in [0.15, 0.2) is 42.5 Å². The molecule has 2 atom stereocenters. The standard InChI is InChI=1S/C18H18Cl2FN3O2/c1-11(18(26)23-16-7-12(19)6-13(20)8-16)24(2)10-17(25)22-15-5-3-4-14(21)9-15/h3-9,11H,10H2,1-2H3,(H,22,25)(H,23,26)/p+1/t11-/m0/s1. The zero-order valence-electron chi connectivity index (χ0n) is 14.3. The van der Waals surface area contributed by atoms with Crippen LogP contribution < -0.4 is 15.5 Å². The van der Waals surface area contributed by atoms with Gasteiger partial charge < -0.3 is 15.5 Å². The molecule has 0 fully saturated rings. The highest BCUT2D eigenvalue weighted by Crippen LogP contribution is 2.22. The number of benzene rings is 2. The summed E-state index contributed by atoms with van der Waals surface area (Å²) in [4.78, 5) is 25.1. The minimum Gasteiger partial charge on any atom is -0.321 e. The van der Waals surface area contributed by atoms with Crippen molar-refractivity contribution in [2.24, 2.45) is 0 Å². The van der Waals surface area contributed by atoms with E-state index in [2.05, 4.69) is 10.6 Å². The van der Waals surface area contributed by atoms with Gasteiger partial charge in [0.2, 0.25) is 0 Å². The number of halogens is 3. The molecule has 2 rings (SSSR count). The lowest BCUT2D eigenvalue weighted by molar-refractivity contribution is -0.885. The molecule has 8 heteroatoms. The summed E-state index contributed by atoms with van der Waals surface area (Å²) in [5.74, 6) is -1.03.